The van der Waals surface area contributed by atoms with Gasteiger partial charge >= 0.3 is 0 Å². The molecule has 0 bridgehead atoms. The van der Waals surface area contributed by atoms with Crippen molar-refractivity contribution in [1.82, 2.24) is 0 Å². The number of allylic oxidation sites excluding steroid dienone is 1. The molecule has 0 aromatic heterocycles. The SMILES string of the molecule is C=CCC[SH]=COCC. The second-order valence-electron chi connectivity index (χ2n) is 1.54. The van der Waals surface area contributed by atoms with Crippen LogP contribution in [0.4, 0.5) is 0 Å². The fourth-order valence-corrected chi connectivity index (χ4v) is 1.04. The first-order valence-corrected chi connectivity index (χ1v) is 4.27. The van der Waals surface area contributed by atoms with Crippen molar-refractivity contribution in [2.75, 3.05) is 12.4 Å². The Kier molecular flexibility index (Phi) is 7.85. The van der Waals surface area contributed by atoms with Crippen molar-refractivity contribution >= 4 is 16.9 Å². The molecule has 0 aliphatic heterocycles. The molecule has 0 heterocycles. The number of hydrogen-bond donors (Lipinski definition) is 1. The van der Waals surface area contributed by atoms with Crippen molar-refractivity contribution in [3.8, 4) is 0 Å². The van der Waals surface area contributed by atoms with E-state index in [9.17, 15) is 0 Å². The van der Waals surface area contributed by atoms with Gasteiger partial charge in [-0.1, -0.05) is 6.08 Å². The Bertz CT molecular complexity index is 88.9. The van der Waals surface area contributed by atoms with E-state index in [1.165, 1.54) is 11.4 Å². The first-order valence-electron chi connectivity index (χ1n) is 3.12. The summed E-state index contributed by atoms with van der Waals surface area (Å²) in [5.74, 6) is 1.13. The fourth-order valence-electron chi connectivity index (χ4n) is 0.346. The second kappa shape index (κ2) is 7.92. The zero-order valence-corrected chi connectivity index (χ0v) is 6.73. The van der Waals surface area contributed by atoms with Crippen molar-refractivity contribution in [3.05, 3.63) is 12.7 Å². The van der Waals surface area contributed by atoms with Gasteiger partial charge < -0.3 is 4.74 Å². The molecule has 0 aliphatic carbocycles. The summed E-state index contributed by atoms with van der Waals surface area (Å²) in [4.78, 5) is 0. The molecule has 0 saturated carbocycles. The van der Waals surface area contributed by atoms with Crippen LogP contribution in [0.5, 0.6) is 0 Å². The average molecular weight is 146 g/mol. The number of thiol groups is 1. The highest BCUT2D eigenvalue weighted by Crippen LogP contribution is 1.89. The van der Waals surface area contributed by atoms with Gasteiger partial charge in [-0.2, -0.15) is 11.4 Å². The maximum atomic E-state index is 5.01. The summed E-state index contributed by atoms with van der Waals surface area (Å²) in [5, 5.41) is 0. The van der Waals surface area contributed by atoms with Crippen LogP contribution in [-0.4, -0.2) is 17.9 Å². The summed E-state index contributed by atoms with van der Waals surface area (Å²) in [5.41, 5.74) is 1.84. The Labute approximate surface area is 60.7 Å². The Balaban J connectivity index is 2.94. The third-order valence-electron chi connectivity index (χ3n) is 0.778. The van der Waals surface area contributed by atoms with Gasteiger partial charge in [-0.25, -0.2) is 0 Å². The summed E-state index contributed by atoms with van der Waals surface area (Å²) in [6.07, 6.45) is 3.00. The van der Waals surface area contributed by atoms with Gasteiger partial charge in [0.25, 0.3) is 0 Å². The minimum Gasteiger partial charge on any atom is -0.348 e. The molecule has 0 N–H and O–H groups in total. The van der Waals surface area contributed by atoms with Crippen molar-refractivity contribution < 1.29 is 4.74 Å². The summed E-state index contributed by atoms with van der Waals surface area (Å²) < 4.78 is 5.01. The monoisotopic (exact) mass is 146 g/mol. The van der Waals surface area contributed by atoms with Crippen LogP contribution in [0.1, 0.15) is 13.3 Å². The molecule has 0 atom stereocenters. The van der Waals surface area contributed by atoms with E-state index in [4.69, 9.17) is 4.74 Å². The predicted molar refractivity (Wildman–Crippen MR) is 46.4 cm³/mol. The summed E-state index contributed by atoms with van der Waals surface area (Å²) >= 11 is 1.26. The molecule has 0 aromatic carbocycles. The molecule has 0 saturated heterocycles. The zero-order chi connectivity index (χ0) is 6.95. The topological polar surface area (TPSA) is 9.23 Å². The van der Waals surface area contributed by atoms with Gasteiger partial charge in [-0.05, 0) is 19.1 Å². The number of ether oxygens (including phenoxy) is 1. The highest BCUT2D eigenvalue weighted by molar-refractivity contribution is 7.97. The molecule has 0 rings (SSSR count). The normalized spacial score (nSPS) is 11.2. The molecule has 2 heteroatoms. The third-order valence-corrected chi connectivity index (χ3v) is 1.59. The van der Waals surface area contributed by atoms with Crippen LogP contribution in [-0.2, 0) is 4.74 Å². The van der Waals surface area contributed by atoms with E-state index >= 15 is 0 Å². The van der Waals surface area contributed by atoms with Gasteiger partial charge in [0.1, 0.15) is 0 Å². The molecule has 9 heavy (non-hydrogen) atoms. The van der Waals surface area contributed by atoms with E-state index in [1.807, 2.05) is 18.6 Å². The molecule has 0 unspecified atom stereocenters. The Morgan fingerprint density at radius 1 is 1.67 bits per heavy atom. The first kappa shape index (κ1) is 8.92. The van der Waals surface area contributed by atoms with Crippen LogP contribution in [0.3, 0.4) is 0 Å². The highest BCUT2D eigenvalue weighted by Gasteiger charge is 1.72. The molecule has 0 aliphatic rings. The van der Waals surface area contributed by atoms with E-state index in [1.54, 1.807) is 0 Å². The smallest absolute Gasteiger partial charge is 0.0597 e. The van der Waals surface area contributed by atoms with Gasteiger partial charge in [0.15, 0.2) is 0 Å². The van der Waals surface area contributed by atoms with E-state index in [0.717, 1.165) is 18.8 Å². The Morgan fingerprint density at radius 2 is 2.44 bits per heavy atom. The molecule has 0 radical (unpaired) electrons. The summed E-state index contributed by atoms with van der Waals surface area (Å²) in [6.45, 7) is 6.38. The second-order valence-corrected chi connectivity index (χ2v) is 2.57. The van der Waals surface area contributed by atoms with E-state index in [2.05, 4.69) is 6.58 Å². The van der Waals surface area contributed by atoms with Crippen LogP contribution in [0.25, 0.3) is 0 Å². The third kappa shape index (κ3) is 7.92. The van der Waals surface area contributed by atoms with Gasteiger partial charge in [-0.15, -0.1) is 6.58 Å². The number of rotatable bonds is 5. The van der Waals surface area contributed by atoms with Gasteiger partial charge in [-0.3, -0.25) is 0 Å². The van der Waals surface area contributed by atoms with Crippen molar-refractivity contribution in [1.29, 1.82) is 0 Å². The lowest BCUT2D eigenvalue weighted by molar-refractivity contribution is 0.351. The van der Waals surface area contributed by atoms with E-state index < -0.39 is 0 Å². The standard InChI is InChI=1S/C7H14OS/c1-3-5-6-9-7-8-4-2/h3,7,9H,1,4-6H2,2H3. The molecular formula is C7H14OS. The van der Waals surface area contributed by atoms with E-state index in [0.29, 0.717) is 0 Å². The van der Waals surface area contributed by atoms with Crippen LogP contribution >= 0.6 is 11.4 Å². The van der Waals surface area contributed by atoms with Crippen LogP contribution in [0.2, 0.25) is 0 Å². The maximum absolute atomic E-state index is 5.01. The van der Waals surface area contributed by atoms with Crippen LogP contribution in [0.15, 0.2) is 12.7 Å². The minimum atomic E-state index is 0.779. The van der Waals surface area contributed by atoms with Gasteiger partial charge in [0.05, 0.1) is 12.2 Å². The first-order chi connectivity index (χ1) is 4.41. The molecule has 0 aromatic rings. The number of hydrogen-bond acceptors (Lipinski definition) is 1. The van der Waals surface area contributed by atoms with E-state index in [-0.39, 0.29) is 0 Å². The van der Waals surface area contributed by atoms with Crippen LogP contribution in [0, 0.1) is 0 Å². The maximum Gasteiger partial charge on any atom is 0.0597 e. The van der Waals surface area contributed by atoms with Crippen LogP contribution < -0.4 is 0 Å². The fraction of sp³-hybridized carbons (Fsp3) is 0.571. The zero-order valence-electron chi connectivity index (χ0n) is 5.84. The molecule has 0 spiro atoms. The average Bonchev–Trinajstić information content (AvgIpc) is 1.89. The predicted octanol–water partition coefficient (Wildman–Crippen LogP) is 1.82. The lowest BCUT2D eigenvalue weighted by Gasteiger charge is -1.88. The molecular weight excluding hydrogens is 132 g/mol. The van der Waals surface area contributed by atoms with Crippen molar-refractivity contribution in [2.45, 2.75) is 13.3 Å². The lowest BCUT2D eigenvalue weighted by Crippen LogP contribution is -1.82. The summed E-state index contributed by atoms with van der Waals surface area (Å²) in [6, 6.07) is 0. The minimum absolute atomic E-state index is 0.779. The van der Waals surface area contributed by atoms with Gasteiger partial charge in [0, 0.05) is 0 Å². The highest BCUT2D eigenvalue weighted by atomic mass is 32.1. The van der Waals surface area contributed by atoms with Gasteiger partial charge in [0.2, 0.25) is 0 Å². The Hall–Kier alpha value is -0.0800. The van der Waals surface area contributed by atoms with Crippen molar-refractivity contribution in [3.63, 3.8) is 0 Å². The Morgan fingerprint density at radius 3 is 3.00 bits per heavy atom. The molecule has 1 nitrogen and oxygen atoms in total. The van der Waals surface area contributed by atoms with Crippen molar-refractivity contribution in [2.24, 2.45) is 0 Å². The quantitative estimate of drug-likeness (QED) is 0.269. The molecule has 0 amide bonds. The lowest BCUT2D eigenvalue weighted by atomic mass is 10.5. The largest absolute Gasteiger partial charge is 0.348 e. The molecule has 54 valence electrons. The summed E-state index contributed by atoms with van der Waals surface area (Å²) in [7, 11) is 0. The molecule has 0 fully saturated rings.